The number of rotatable bonds is 3. The molecule has 0 atom stereocenters. The van der Waals surface area contributed by atoms with Crippen molar-refractivity contribution >= 4 is 33.8 Å². The standard InChI is InChI=1S/C18H11BrClNO/c19-13-7-5-12(6-8-13)14-9-10-21-17(11-22)18(14)15-3-1-2-4-16(15)20/h1-11H. The van der Waals surface area contributed by atoms with Crippen LogP contribution >= 0.6 is 27.5 Å². The summed E-state index contributed by atoms with van der Waals surface area (Å²) < 4.78 is 1.00. The summed E-state index contributed by atoms with van der Waals surface area (Å²) in [7, 11) is 0. The fraction of sp³-hybridized carbons (Fsp3) is 0. The Morgan fingerprint density at radius 2 is 1.68 bits per heavy atom. The monoisotopic (exact) mass is 371 g/mol. The Balaban J connectivity index is 2.30. The van der Waals surface area contributed by atoms with E-state index in [2.05, 4.69) is 20.9 Å². The maximum absolute atomic E-state index is 11.4. The van der Waals surface area contributed by atoms with Gasteiger partial charge in [-0.2, -0.15) is 0 Å². The van der Waals surface area contributed by atoms with Crippen LogP contribution in [0, 0.1) is 0 Å². The van der Waals surface area contributed by atoms with E-state index < -0.39 is 0 Å². The molecule has 2 nitrogen and oxygen atoms in total. The summed E-state index contributed by atoms with van der Waals surface area (Å²) in [6, 6.07) is 17.3. The predicted molar refractivity (Wildman–Crippen MR) is 93.2 cm³/mol. The van der Waals surface area contributed by atoms with Crippen molar-refractivity contribution in [2.24, 2.45) is 0 Å². The molecule has 108 valence electrons. The van der Waals surface area contributed by atoms with Gasteiger partial charge in [-0.3, -0.25) is 9.78 Å². The van der Waals surface area contributed by atoms with Gasteiger partial charge in [0, 0.05) is 26.8 Å². The van der Waals surface area contributed by atoms with Crippen molar-refractivity contribution in [3.05, 3.63) is 76.0 Å². The SMILES string of the molecule is O=Cc1nccc(-c2ccc(Br)cc2)c1-c1ccccc1Cl. The molecule has 1 heterocycles. The van der Waals surface area contributed by atoms with Crippen LogP contribution in [0.15, 0.2) is 65.3 Å². The third kappa shape index (κ3) is 2.82. The molecule has 0 radical (unpaired) electrons. The number of hydrogen-bond acceptors (Lipinski definition) is 2. The summed E-state index contributed by atoms with van der Waals surface area (Å²) in [5, 5.41) is 0.594. The molecule has 22 heavy (non-hydrogen) atoms. The van der Waals surface area contributed by atoms with E-state index >= 15 is 0 Å². The van der Waals surface area contributed by atoms with Crippen molar-refractivity contribution in [1.82, 2.24) is 4.98 Å². The molecule has 0 saturated heterocycles. The molecule has 0 amide bonds. The molecule has 0 fully saturated rings. The Bertz CT molecular complexity index is 831. The normalized spacial score (nSPS) is 10.5. The molecule has 4 heteroatoms. The zero-order valence-electron chi connectivity index (χ0n) is 11.5. The summed E-state index contributed by atoms with van der Waals surface area (Å²) in [4.78, 5) is 15.6. The lowest BCUT2D eigenvalue weighted by Gasteiger charge is -2.13. The molecule has 0 unspecified atom stereocenters. The van der Waals surface area contributed by atoms with Gasteiger partial charge in [0.1, 0.15) is 5.69 Å². The molecule has 0 spiro atoms. The summed E-state index contributed by atoms with van der Waals surface area (Å²) in [6.45, 7) is 0. The zero-order chi connectivity index (χ0) is 15.5. The van der Waals surface area contributed by atoms with Gasteiger partial charge in [0.25, 0.3) is 0 Å². The first-order valence-corrected chi connectivity index (χ1v) is 7.83. The van der Waals surface area contributed by atoms with Crippen LogP contribution in [-0.2, 0) is 0 Å². The smallest absolute Gasteiger partial charge is 0.169 e. The largest absolute Gasteiger partial charge is 0.296 e. The number of benzene rings is 2. The maximum atomic E-state index is 11.4. The zero-order valence-corrected chi connectivity index (χ0v) is 13.8. The lowest BCUT2D eigenvalue weighted by molar-refractivity contribution is 0.111. The highest BCUT2D eigenvalue weighted by Crippen LogP contribution is 2.37. The number of aldehydes is 1. The second-order valence-electron chi connectivity index (χ2n) is 4.72. The Hall–Kier alpha value is -1.97. The summed E-state index contributed by atoms with van der Waals surface area (Å²) in [6.07, 6.45) is 2.41. The highest BCUT2D eigenvalue weighted by molar-refractivity contribution is 9.10. The molecular formula is C18H11BrClNO. The van der Waals surface area contributed by atoms with E-state index in [0.29, 0.717) is 10.7 Å². The van der Waals surface area contributed by atoms with E-state index in [-0.39, 0.29) is 0 Å². The molecule has 0 bridgehead atoms. The molecular weight excluding hydrogens is 362 g/mol. The molecule has 0 aliphatic carbocycles. The van der Waals surface area contributed by atoms with Crippen LogP contribution in [0.5, 0.6) is 0 Å². The topological polar surface area (TPSA) is 30.0 Å². The lowest BCUT2D eigenvalue weighted by atomic mass is 9.94. The van der Waals surface area contributed by atoms with Gasteiger partial charge in [0.15, 0.2) is 6.29 Å². The van der Waals surface area contributed by atoms with Crippen LogP contribution in [0.3, 0.4) is 0 Å². The quantitative estimate of drug-likeness (QED) is 0.557. The maximum Gasteiger partial charge on any atom is 0.169 e. The van der Waals surface area contributed by atoms with Gasteiger partial charge in [0.2, 0.25) is 0 Å². The first kappa shape index (κ1) is 14.9. The summed E-state index contributed by atoms with van der Waals surface area (Å²) in [5.74, 6) is 0. The van der Waals surface area contributed by atoms with E-state index in [0.717, 1.165) is 33.0 Å². The minimum atomic E-state index is 0.383. The van der Waals surface area contributed by atoms with Crippen LogP contribution in [-0.4, -0.2) is 11.3 Å². The number of carbonyl (C=O) groups excluding carboxylic acids is 1. The minimum Gasteiger partial charge on any atom is -0.296 e. The third-order valence-electron chi connectivity index (χ3n) is 3.39. The van der Waals surface area contributed by atoms with Crippen LogP contribution in [0.1, 0.15) is 10.5 Å². The second-order valence-corrected chi connectivity index (χ2v) is 6.05. The van der Waals surface area contributed by atoms with Gasteiger partial charge in [0.05, 0.1) is 0 Å². The van der Waals surface area contributed by atoms with E-state index in [1.165, 1.54) is 0 Å². The Morgan fingerprint density at radius 3 is 2.36 bits per heavy atom. The second kappa shape index (κ2) is 6.42. The Labute approximate surface area is 141 Å². The van der Waals surface area contributed by atoms with Crippen molar-refractivity contribution < 1.29 is 4.79 Å². The first-order valence-electron chi connectivity index (χ1n) is 6.65. The van der Waals surface area contributed by atoms with Crippen molar-refractivity contribution in [1.29, 1.82) is 0 Å². The van der Waals surface area contributed by atoms with Crippen LogP contribution < -0.4 is 0 Å². The van der Waals surface area contributed by atoms with Gasteiger partial charge < -0.3 is 0 Å². The lowest BCUT2D eigenvalue weighted by Crippen LogP contribution is -1.96. The van der Waals surface area contributed by atoms with E-state index in [9.17, 15) is 4.79 Å². The number of aromatic nitrogens is 1. The van der Waals surface area contributed by atoms with Gasteiger partial charge in [-0.25, -0.2) is 0 Å². The van der Waals surface area contributed by atoms with E-state index in [1.54, 1.807) is 6.20 Å². The highest BCUT2D eigenvalue weighted by atomic mass is 79.9. The molecule has 0 saturated carbocycles. The molecule has 3 rings (SSSR count). The first-order chi connectivity index (χ1) is 10.7. The van der Waals surface area contributed by atoms with E-state index in [1.807, 2.05) is 54.6 Å². The van der Waals surface area contributed by atoms with Crippen molar-refractivity contribution in [2.75, 3.05) is 0 Å². The van der Waals surface area contributed by atoms with Crippen LogP contribution in [0.4, 0.5) is 0 Å². The number of hydrogen-bond donors (Lipinski definition) is 0. The highest BCUT2D eigenvalue weighted by Gasteiger charge is 2.15. The Kier molecular flexibility index (Phi) is 4.36. The molecule has 3 aromatic rings. The number of carbonyl (C=O) groups is 1. The van der Waals surface area contributed by atoms with Gasteiger partial charge in [-0.05, 0) is 35.4 Å². The summed E-state index contributed by atoms with van der Waals surface area (Å²) >= 11 is 9.75. The fourth-order valence-electron chi connectivity index (χ4n) is 2.38. The van der Waals surface area contributed by atoms with Crippen molar-refractivity contribution in [3.8, 4) is 22.3 Å². The van der Waals surface area contributed by atoms with E-state index in [4.69, 9.17) is 11.6 Å². The average molecular weight is 373 g/mol. The van der Waals surface area contributed by atoms with Crippen molar-refractivity contribution in [2.45, 2.75) is 0 Å². The molecule has 0 aliphatic rings. The molecule has 2 aromatic carbocycles. The molecule has 0 N–H and O–H groups in total. The van der Waals surface area contributed by atoms with Gasteiger partial charge in [-0.1, -0.05) is 57.9 Å². The van der Waals surface area contributed by atoms with Gasteiger partial charge in [-0.15, -0.1) is 0 Å². The summed E-state index contributed by atoms with van der Waals surface area (Å²) in [5.41, 5.74) is 3.87. The fourth-order valence-corrected chi connectivity index (χ4v) is 2.88. The third-order valence-corrected chi connectivity index (χ3v) is 4.25. The number of pyridine rings is 1. The van der Waals surface area contributed by atoms with Gasteiger partial charge >= 0.3 is 0 Å². The number of nitrogens with zero attached hydrogens (tertiary/aromatic N) is 1. The molecule has 0 aliphatic heterocycles. The minimum absolute atomic E-state index is 0.383. The van der Waals surface area contributed by atoms with Crippen LogP contribution in [0.2, 0.25) is 5.02 Å². The predicted octanol–water partition coefficient (Wildman–Crippen LogP) is 5.64. The van der Waals surface area contributed by atoms with Crippen molar-refractivity contribution in [3.63, 3.8) is 0 Å². The average Bonchev–Trinajstić information content (AvgIpc) is 2.55. The number of halogens is 2. The Morgan fingerprint density at radius 1 is 0.955 bits per heavy atom. The molecule has 1 aromatic heterocycles. The van der Waals surface area contributed by atoms with Crippen LogP contribution in [0.25, 0.3) is 22.3 Å².